The minimum atomic E-state index is 0.0835. The first-order valence-electron chi connectivity index (χ1n) is 8.74. The Labute approximate surface area is 167 Å². The third-order valence-corrected chi connectivity index (χ3v) is 6.13. The molecule has 1 N–H and O–H groups in total. The van der Waals surface area contributed by atoms with Crippen LogP contribution in [-0.4, -0.2) is 24.4 Å². The zero-order valence-corrected chi connectivity index (χ0v) is 17.2. The van der Waals surface area contributed by atoms with E-state index in [1.807, 2.05) is 30.3 Å². The highest BCUT2D eigenvalue weighted by atomic mass is 79.9. The molecule has 0 unspecified atom stereocenters. The Hall–Kier alpha value is -1.43. The highest BCUT2D eigenvalue weighted by Crippen LogP contribution is 2.35. The molecule has 0 aliphatic heterocycles. The van der Waals surface area contributed by atoms with Crippen LogP contribution in [-0.2, 0) is 4.79 Å². The summed E-state index contributed by atoms with van der Waals surface area (Å²) in [6, 6.07) is 9.84. The standard InChI is InChI=1S/C20H22BrClN2O2/c1-12(23-11-13-6-7-14(25)10-13)15-8-9-18(24-20(15)26-2)16-4-3-5-17(21)19(16)22/h3-5,8-9,12-13,23H,6-7,10-11H2,1-2H3/t12-,13-/m1/s1. The summed E-state index contributed by atoms with van der Waals surface area (Å²) in [5.41, 5.74) is 2.62. The van der Waals surface area contributed by atoms with E-state index in [9.17, 15) is 4.79 Å². The molecule has 0 radical (unpaired) electrons. The molecule has 0 spiro atoms. The number of aromatic nitrogens is 1. The van der Waals surface area contributed by atoms with Gasteiger partial charge in [-0.05, 0) is 59.9 Å². The molecule has 1 fully saturated rings. The van der Waals surface area contributed by atoms with Crippen molar-refractivity contribution in [3.05, 3.63) is 45.4 Å². The van der Waals surface area contributed by atoms with Crippen LogP contribution in [0.5, 0.6) is 5.88 Å². The normalized spacial score (nSPS) is 18.2. The van der Waals surface area contributed by atoms with E-state index < -0.39 is 0 Å². The zero-order valence-electron chi connectivity index (χ0n) is 14.9. The Morgan fingerprint density at radius 2 is 2.19 bits per heavy atom. The Bertz CT molecular complexity index is 812. The van der Waals surface area contributed by atoms with Crippen molar-refractivity contribution in [2.45, 2.75) is 32.2 Å². The van der Waals surface area contributed by atoms with Crippen LogP contribution in [0.25, 0.3) is 11.3 Å². The average Bonchev–Trinajstić information content (AvgIpc) is 3.06. The van der Waals surface area contributed by atoms with Crippen molar-refractivity contribution < 1.29 is 9.53 Å². The minimum absolute atomic E-state index is 0.0835. The SMILES string of the molecule is COc1nc(-c2cccc(Br)c2Cl)ccc1[C@@H](C)NC[C@@H]1CCC(=O)C1. The number of Topliss-reactive ketones (excluding diaryl/α,β-unsaturated/α-hetero) is 1. The van der Waals surface area contributed by atoms with Crippen LogP contribution in [0, 0.1) is 5.92 Å². The van der Waals surface area contributed by atoms with Crippen molar-refractivity contribution >= 4 is 33.3 Å². The molecule has 3 rings (SSSR count). The number of carbonyl (C=O) groups is 1. The molecule has 2 aromatic rings. The van der Waals surface area contributed by atoms with Crippen LogP contribution in [0.15, 0.2) is 34.8 Å². The first kappa shape index (κ1) is 19.3. The second-order valence-corrected chi connectivity index (χ2v) is 7.91. The van der Waals surface area contributed by atoms with Gasteiger partial charge < -0.3 is 10.1 Å². The summed E-state index contributed by atoms with van der Waals surface area (Å²) in [5.74, 6) is 1.39. The summed E-state index contributed by atoms with van der Waals surface area (Å²) in [6.07, 6.45) is 2.39. The largest absolute Gasteiger partial charge is 0.481 e. The average molecular weight is 438 g/mol. The van der Waals surface area contributed by atoms with Crippen LogP contribution in [0.2, 0.25) is 5.02 Å². The van der Waals surface area contributed by atoms with Gasteiger partial charge in [-0.1, -0.05) is 23.7 Å². The molecular weight excluding hydrogens is 416 g/mol. The van der Waals surface area contributed by atoms with Gasteiger partial charge in [0.1, 0.15) is 5.78 Å². The van der Waals surface area contributed by atoms with E-state index in [2.05, 4.69) is 33.2 Å². The molecule has 26 heavy (non-hydrogen) atoms. The number of ether oxygens (including phenoxy) is 1. The second-order valence-electron chi connectivity index (χ2n) is 6.67. The fraction of sp³-hybridized carbons (Fsp3) is 0.400. The first-order chi connectivity index (χ1) is 12.5. The van der Waals surface area contributed by atoms with Crippen LogP contribution in [0.1, 0.15) is 37.8 Å². The number of hydrogen-bond donors (Lipinski definition) is 1. The number of halogens is 2. The number of hydrogen-bond acceptors (Lipinski definition) is 4. The first-order valence-corrected chi connectivity index (χ1v) is 9.91. The molecule has 1 saturated carbocycles. The van der Waals surface area contributed by atoms with Crippen molar-refractivity contribution in [1.29, 1.82) is 0 Å². The molecule has 0 saturated heterocycles. The van der Waals surface area contributed by atoms with Gasteiger partial charge in [-0.25, -0.2) is 4.98 Å². The lowest BCUT2D eigenvalue weighted by Crippen LogP contribution is -2.25. The lowest BCUT2D eigenvalue weighted by molar-refractivity contribution is -0.117. The molecule has 6 heteroatoms. The molecule has 1 aliphatic carbocycles. The van der Waals surface area contributed by atoms with Crippen molar-refractivity contribution in [1.82, 2.24) is 10.3 Å². The van der Waals surface area contributed by atoms with E-state index >= 15 is 0 Å². The Morgan fingerprint density at radius 1 is 1.38 bits per heavy atom. The zero-order chi connectivity index (χ0) is 18.7. The summed E-state index contributed by atoms with van der Waals surface area (Å²) in [6.45, 7) is 2.91. The van der Waals surface area contributed by atoms with Gasteiger partial charge in [0.2, 0.25) is 5.88 Å². The fourth-order valence-corrected chi connectivity index (χ4v) is 3.90. The molecule has 2 atom stereocenters. The monoisotopic (exact) mass is 436 g/mol. The summed E-state index contributed by atoms with van der Waals surface area (Å²) >= 11 is 9.84. The Morgan fingerprint density at radius 3 is 2.88 bits per heavy atom. The summed E-state index contributed by atoms with van der Waals surface area (Å²) in [5, 5.41) is 4.14. The summed E-state index contributed by atoms with van der Waals surface area (Å²) in [4.78, 5) is 16.1. The maximum absolute atomic E-state index is 11.4. The number of methoxy groups -OCH3 is 1. The lowest BCUT2D eigenvalue weighted by atomic mass is 10.0. The maximum atomic E-state index is 11.4. The molecule has 1 heterocycles. The Balaban J connectivity index is 1.78. The van der Waals surface area contributed by atoms with Gasteiger partial charge >= 0.3 is 0 Å². The molecule has 0 amide bonds. The summed E-state index contributed by atoms with van der Waals surface area (Å²) < 4.78 is 6.36. The third-order valence-electron chi connectivity index (χ3n) is 4.84. The maximum Gasteiger partial charge on any atom is 0.218 e. The topological polar surface area (TPSA) is 51.2 Å². The highest BCUT2D eigenvalue weighted by Gasteiger charge is 2.23. The summed E-state index contributed by atoms with van der Waals surface area (Å²) in [7, 11) is 1.63. The molecule has 0 bridgehead atoms. The predicted molar refractivity (Wildman–Crippen MR) is 108 cm³/mol. The van der Waals surface area contributed by atoms with E-state index in [1.165, 1.54) is 0 Å². The third kappa shape index (κ3) is 4.27. The number of nitrogens with one attached hydrogen (secondary N) is 1. The quantitative estimate of drug-likeness (QED) is 0.675. The number of carbonyl (C=O) groups excluding carboxylic acids is 1. The number of pyridine rings is 1. The number of rotatable bonds is 6. The van der Waals surface area contributed by atoms with E-state index in [0.717, 1.165) is 34.3 Å². The van der Waals surface area contributed by atoms with Gasteiger partial charge in [-0.3, -0.25) is 4.79 Å². The van der Waals surface area contributed by atoms with Gasteiger partial charge in [0.15, 0.2) is 0 Å². The van der Waals surface area contributed by atoms with Crippen molar-refractivity contribution in [3.8, 4) is 17.1 Å². The smallest absolute Gasteiger partial charge is 0.218 e. The van der Waals surface area contributed by atoms with Gasteiger partial charge in [0.05, 0.1) is 17.8 Å². The van der Waals surface area contributed by atoms with E-state index in [1.54, 1.807) is 7.11 Å². The number of benzene rings is 1. The lowest BCUT2D eigenvalue weighted by Gasteiger charge is -2.19. The molecule has 138 valence electrons. The minimum Gasteiger partial charge on any atom is -0.481 e. The van der Waals surface area contributed by atoms with Crippen LogP contribution < -0.4 is 10.1 Å². The fourth-order valence-electron chi connectivity index (χ4n) is 3.31. The second kappa shape index (κ2) is 8.51. The van der Waals surface area contributed by atoms with Crippen molar-refractivity contribution in [2.75, 3.05) is 13.7 Å². The Kier molecular flexibility index (Phi) is 6.33. The van der Waals surface area contributed by atoms with Crippen molar-refractivity contribution in [3.63, 3.8) is 0 Å². The van der Waals surface area contributed by atoms with Crippen LogP contribution in [0.4, 0.5) is 0 Å². The number of ketones is 1. The molecular formula is C20H22BrClN2O2. The van der Waals surface area contributed by atoms with Crippen LogP contribution in [0.3, 0.4) is 0 Å². The van der Waals surface area contributed by atoms with Crippen LogP contribution >= 0.6 is 27.5 Å². The molecule has 1 aromatic heterocycles. The predicted octanol–water partition coefficient (Wildman–Crippen LogP) is 5.19. The number of nitrogens with zero attached hydrogens (tertiary/aromatic N) is 1. The molecule has 1 aliphatic rings. The van der Waals surface area contributed by atoms with Gasteiger partial charge in [-0.15, -0.1) is 0 Å². The highest BCUT2D eigenvalue weighted by molar-refractivity contribution is 9.10. The van der Waals surface area contributed by atoms with Gasteiger partial charge in [0.25, 0.3) is 0 Å². The van der Waals surface area contributed by atoms with Crippen molar-refractivity contribution in [2.24, 2.45) is 5.92 Å². The van der Waals surface area contributed by atoms with E-state index in [0.29, 0.717) is 35.4 Å². The van der Waals surface area contributed by atoms with E-state index in [4.69, 9.17) is 16.3 Å². The molecule has 1 aromatic carbocycles. The molecule has 4 nitrogen and oxygen atoms in total. The van der Waals surface area contributed by atoms with Gasteiger partial charge in [0, 0.05) is 34.5 Å². The van der Waals surface area contributed by atoms with E-state index in [-0.39, 0.29) is 6.04 Å². The van der Waals surface area contributed by atoms with Gasteiger partial charge in [-0.2, -0.15) is 0 Å².